The highest BCUT2D eigenvalue weighted by Gasteiger charge is 2.55. The molecule has 1 spiro atoms. The van der Waals surface area contributed by atoms with E-state index >= 15 is 4.39 Å². The number of aromatic nitrogens is 4. The Bertz CT molecular complexity index is 1770. The Morgan fingerprint density at radius 2 is 1.88 bits per heavy atom. The van der Waals surface area contributed by atoms with Gasteiger partial charge in [-0.1, -0.05) is 41.2 Å². The van der Waals surface area contributed by atoms with Crippen molar-refractivity contribution in [1.82, 2.24) is 24.6 Å². The number of benzene rings is 1. The summed E-state index contributed by atoms with van der Waals surface area (Å²) in [6.45, 7) is 7.31. The molecule has 4 aromatic rings. The van der Waals surface area contributed by atoms with Gasteiger partial charge in [-0.25, -0.2) is 9.67 Å². The number of carbonyl (C=O) groups is 1. The van der Waals surface area contributed by atoms with Crippen molar-refractivity contribution in [2.75, 3.05) is 43.0 Å². The van der Waals surface area contributed by atoms with Gasteiger partial charge in [0.1, 0.15) is 28.1 Å². The van der Waals surface area contributed by atoms with Gasteiger partial charge in [0.25, 0.3) is 5.91 Å². The van der Waals surface area contributed by atoms with Gasteiger partial charge in [0.05, 0.1) is 17.1 Å². The SMILES string of the molecule is Cc1ccc(-c2nc(N(C)c3c4cc(N5CC6(CN(C(=O)C(C)(C)O)C6)C5)c(F)nc4nn3C3CC3)sc2C#N)cc1. The summed E-state index contributed by atoms with van der Waals surface area (Å²) >= 11 is 1.32. The molecule has 2 saturated heterocycles. The Morgan fingerprint density at radius 1 is 1.19 bits per heavy atom. The molecular formula is C30H31FN8O2S. The van der Waals surface area contributed by atoms with Gasteiger partial charge in [-0.3, -0.25) is 4.79 Å². The first-order chi connectivity index (χ1) is 20.0. The number of fused-ring (bicyclic) bond motifs is 1. The first kappa shape index (κ1) is 26.8. The largest absolute Gasteiger partial charge is 0.381 e. The van der Waals surface area contributed by atoms with E-state index in [2.05, 4.69) is 11.1 Å². The van der Waals surface area contributed by atoms with Crippen molar-refractivity contribution >= 4 is 44.9 Å². The van der Waals surface area contributed by atoms with Crippen LogP contribution >= 0.6 is 11.3 Å². The number of thiazole rings is 1. The molecule has 12 heteroatoms. The lowest BCUT2D eigenvalue weighted by Crippen LogP contribution is -2.74. The molecule has 1 aromatic carbocycles. The van der Waals surface area contributed by atoms with E-state index in [1.807, 2.05) is 58.8 Å². The number of hydrogen-bond acceptors (Lipinski definition) is 9. The summed E-state index contributed by atoms with van der Waals surface area (Å²) in [5.74, 6) is -0.0810. The molecule has 3 fully saturated rings. The van der Waals surface area contributed by atoms with E-state index in [-0.39, 0.29) is 17.4 Å². The number of likely N-dealkylation sites (tertiary alicyclic amines) is 1. The summed E-state index contributed by atoms with van der Waals surface area (Å²) in [5, 5.41) is 26.0. The number of carbonyl (C=O) groups excluding carboxylic acids is 1. The second-order valence-electron chi connectivity index (χ2n) is 12.5. The summed E-state index contributed by atoms with van der Waals surface area (Å²) in [7, 11) is 1.90. The molecular weight excluding hydrogens is 555 g/mol. The number of rotatable bonds is 6. The van der Waals surface area contributed by atoms with E-state index in [9.17, 15) is 15.2 Å². The van der Waals surface area contributed by atoms with Crippen LogP contribution in [0.25, 0.3) is 22.3 Å². The van der Waals surface area contributed by atoms with Crippen LogP contribution in [0.2, 0.25) is 0 Å². The minimum absolute atomic E-state index is 0.0961. The summed E-state index contributed by atoms with van der Waals surface area (Å²) in [4.78, 5) is 27.6. The lowest BCUT2D eigenvalue weighted by Gasteiger charge is -2.61. The van der Waals surface area contributed by atoms with E-state index in [0.29, 0.717) is 53.2 Å². The summed E-state index contributed by atoms with van der Waals surface area (Å²) < 4.78 is 17.3. The molecule has 0 unspecified atom stereocenters. The monoisotopic (exact) mass is 586 g/mol. The van der Waals surface area contributed by atoms with Crippen molar-refractivity contribution in [2.45, 2.75) is 45.3 Å². The quantitative estimate of drug-likeness (QED) is 0.331. The molecule has 1 amide bonds. The smallest absolute Gasteiger partial charge is 0.253 e. The molecule has 216 valence electrons. The van der Waals surface area contributed by atoms with Crippen molar-refractivity contribution < 1.29 is 14.3 Å². The maximum Gasteiger partial charge on any atom is 0.253 e. The highest BCUT2D eigenvalue weighted by molar-refractivity contribution is 7.16. The molecule has 5 heterocycles. The molecule has 1 saturated carbocycles. The average Bonchev–Trinajstić information content (AvgIpc) is 3.55. The molecule has 1 N–H and O–H groups in total. The van der Waals surface area contributed by atoms with Crippen molar-refractivity contribution in [1.29, 1.82) is 5.26 Å². The zero-order valence-corrected chi connectivity index (χ0v) is 24.7. The van der Waals surface area contributed by atoms with Crippen molar-refractivity contribution in [3.63, 3.8) is 0 Å². The van der Waals surface area contributed by atoms with Gasteiger partial charge in [0.15, 0.2) is 10.8 Å². The van der Waals surface area contributed by atoms with Crippen LogP contribution in [0.15, 0.2) is 30.3 Å². The molecule has 0 atom stereocenters. The second kappa shape index (κ2) is 9.21. The topological polar surface area (TPSA) is 114 Å². The van der Waals surface area contributed by atoms with Crippen molar-refractivity contribution in [2.24, 2.45) is 5.41 Å². The van der Waals surface area contributed by atoms with Crippen LogP contribution < -0.4 is 9.80 Å². The third kappa shape index (κ3) is 4.30. The third-order valence-electron chi connectivity index (χ3n) is 8.39. The van der Waals surface area contributed by atoms with Gasteiger partial charge >= 0.3 is 0 Å². The van der Waals surface area contributed by atoms with E-state index in [4.69, 9.17) is 10.1 Å². The number of pyridine rings is 1. The van der Waals surface area contributed by atoms with Crippen LogP contribution in [-0.2, 0) is 4.79 Å². The maximum absolute atomic E-state index is 15.4. The zero-order valence-electron chi connectivity index (χ0n) is 23.9. The van der Waals surface area contributed by atoms with Gasteiger partial charge in [0.2, 0.25) is 5.95 Å². The van der Waals surface area contributed by atoms with Gasteiger partial charge in [-0.15, -0.1) is 0 Å². The summed E-state index contributed by atoms with van der Waals surface area (Å²) in [6.07, 6.45) is 1.96. The number of aryl methyl sites for hydroxylation is 1. The first-order valence-corrected chi connectivity index (χ1v) is 14.9. The average molecular weight is 587 g/mol. The fourth-order valence-corrected chi connectivity index (χ4v) is 6.92. The Balaban J connectivity index is 1.20. The van der Waals surface area contributed by atoms with Crippen LogP contribution in [0.1, 0.15) is 43.2 Å². The Hall–Kier alpha value is -4.08. The highest BCUT2D eigenvalue weighted by atomic mass is 32.1. The Kier molecular flexibility index (Phi) is 5.88. The van der Waals surface area contributed by atoms with Crippen molar-refractivity contribution in [3.8, 4) is 17.3 Å². The number of nitrogens with zero attached hydrogens (tertiary/aromatic N) is 8. The van der Waals surface area contributed by atoms with E-state index in [1.165, 1.54) is 25.2 Å². The lowest BCUT2D eigenvalue weighted by molar-refractivity contribution is -0.162. The van der Waals surface area contributed by atoms with Crippen LogP contribution in [-0.4, -0.2) is 74.5 Å². The number of aliphatic hydroxyl groups is 1. The molecule has 3 aliphatic rings. The van der Waals surface area contributed by atoms with Gasteiger partial charge in [-0.2, -0.15) is 19.7 Å². The third-order valence-corrected chi connectivity index (χ3v) is 9.43. The predicted molar refractivity (Wildman–Crippen MR) is 158 cm³/mol. The van der Waals surface area contributed by atoms with Gasteiger partial charge in [-0.05, 0) is 39.7 Å². The fourth-order valence-electron chi connectivity index (χ4n) is 6.07. The molecule has 1 aliphatic carbocycles. The normalized spacial score (nSPS) is 17.7. The Morgan fingerprint density at radius 3 is 2.50 bits per heavy atom. The van der Waals surface area contributed by atoms with Crippen LogP contribution in [0.3, 0.4) is 0 Å². The van der Waals surface area contributed by atoms with E-state index in [1.54, 1.807) is 4.90 Å². The maximum atomic E-state index is 15.4. The van der Waals surface area contributed by atoms with E-state index < -0.39 is 11.5 Å². The molecule has 7 rings (SSSR count). The van der Waals surface area contributed by atoms with Crippen LogP contribution in [0.5, 0.6) is 0 Å². The van der Waals surface area contributed by atoms with Gasteiger partial charge < -0.3 is 19.8 Å². The van der Waals surface area contributed by atoms with Gasteiger partial charge in [0, 0.05) is 44.2 Å². The lowest BCUT2D eigenvalue weighted by atomic mass is 9.72. The molecule has 42 heavy (non-hydrogen) atoms. The minimum Gasteiger partial charge on any atom is -0.381 e. The molecule has 0 bridgehead atoms. The first-order valence-electron chi connectivity index (χ1n) is 14.0. The van der Waals surface area contributed by atoms with Crippen LogP contribution in [0.4, 0.5) is 21.0 Å². The number of hydrogen-bond donors (Lipinski definition) is 1. The standard InChI is InChI=1S/C30H31FN8O2S/c1-17-5-7-18(8-6-17)23-22(12-32)42-28(33-23)36(4)26-20-11-21(24(31)34-25(20)35-39(26)19-9-10-19)37-13-30(14-37)15-38(16-30)27(40)29(2,3)41/h5-8,11,19,41H,9-10,13-16H2,1-4H3. The summed E-state index contributed by atoms with van der Waals surface area (Å²) in [5.41, 5.74) is 1.89. The predicted octanol–water partition coefficient (Wildman–Crippen LogP) is 4.40. The molecule has 2 aliphatic heterocycles. The number of anilines is 3. The molecule has 0 radical (unpaired) electrons. The second-order valence-corrected chi connectivity index (χ2v) is 13.4. The van der Waals surface area contributed by atoms with Crippen molar-refractivity contribution in [3.05, 3.63) is 46.7 Å². The zero-order chi connectivity index (χ0) is 29.6. The number of nitriles is 1. The minimum atomic E-state index is -1.40. The molecule has 10 nitrogen and oxygen atoms in total. The fraction of sp³-hybridized carbons (Fsp3) is 0.433. The number of amides is 1. The van der Waals surface area contributed by atoms with E-state index in [0.717, 1.165) is 35.2 Å². The molecule has 3 aromatic heterocycles. The highest BCUT2D eigenvalue weighted by Crippen LogP contribution is 2.47. The Labute approximate surface area is 246 Å². The summed E-state index contributed by atoms with van der Waals surface area (Å²) in [6, 6.07) is 12.3. The van der Waals surface area contributed by atoms with Crippen LogP contribution in [0, 0.1) is 29.6 Å². The number of halogens is 1.